The Morgan fingerprint density at radius 3 is 2.75 bits per heavy atom. The summed E-state index contributed by atoms with van der Waals surface area (Å²) in [5, 5.41) is 9.18. The molecule has 3 aromatic rings. The van der Waals surface area contributed by atoms with Gasteiger partial charge in [-0.05, 0) is 60.0 Å². The van der Waals surface area contributed by atoms with E-state index in [1.807, 2.05) is 50.2 Å². The van der Waals surface area contributed by atoms with E-state index >= 15 is 0 Å². The summed E-state index contributed by atoms with van der Waals surface area (Å²) in [5.74, 6) is 0.616. The monoisotopic (exact) mass is 435 g/mol. The average molecular weight is 435 g/mol. The van der Waals surface area contributed by atoms with Crippen LogP contribution in [0.25, 0.3) is 10.8 Å². The summed E-state index contributed by atoms with van der Waals surface area (Å²) < 4.78 is 8.07. The van der Waals surface area contributed by atoms with E-state index in [0.29, 0.717) is 9.26 Å². The minimum absolute atomic E-state index is 0.0983. The van der Waals surface area contributed by atoms with Crippen LogP contribution >= 0.6 is 22.6 Å². The van der Waals surface area contributed by atoms with Gasteiger partial charge in [-0.3, -0.25) is 9.48 Å². The van der Waals surface area contributed by atoms with Crippen molar-refractivity contribution in [3.05, 3.63) is 51.9 Å². The molecule has 0 aliphatic heterocycles. The van der Waals surface area contributed by atoms with Crippen molar-refractivity contribution in [3.8, 4) is 5.75 Å². The molecule has 1 aromatic heterocycles. The van der Waals surface area contributed by atoms with Gasteiger partial charge in [-0.15, -0.1) is 0 Å². The predicted molar refractivity (Wildman–Crippen MR) is 104 cm³/mol. The number of nitrogens with one attached hydrogen (secondary N) is 1. The van der Waals surface area contributed by atoms with Crippen molar-refractivity contribution in [1.82, 2.24) is 9.78 Å². The molecule has 0 atom stereocenters. The number of anilines is 1. The fourth-order valence-electron chi connectivity index (χ4n) is 2.51. The van der Waals surface area contributed by atoms with Gasteiger partial charge in [-0.25, -0.2) is 0 Å². The van der Waals surface area contributed by atoms with Crippen LogP contribution in [0.5, 0.6) is 5.75 Å². The number of amides is 1. The van der Waals surface area contributed by atoms with Crippen molar-refractivity contribution in [3.63, 3.8) is 0 Å². The Morgan fingerprint density at radius 1 is 1.29 bits per heavy atom. The smallest absolute Gasteiger partial charge is 0.259 e. The standard InChI is InChI=1S/C18H18IN3O2/c1-11(2)24-13-8-7-12-5-4-6-16(14(12)9-13)20-18(23)15-10-22(3)21-17(15)19/h4-11H,1-3H3,(H,20,23). The fraction of sp³-hybridized carbons (Fsp3) is 0.222. The summed E-state index contributed by atoms with van der Waals surface area (Å²) in [7, 11) is 1.80. The molecule has 1 heterocycles. The number of hydrogen-bond acceptors (Lipinski definition) is 3. The van der Waals surface area contributed by atoms with Gasteiger partial charge < -0.3 is 10.1 Å². The van der Waals surface area contributed by atoms with Crippen molar-refractivity contribution in [2.45, 2.75) is 20.0 Å². The van der Waals surface area contributed by atoms with Gasteiger partial charge >= 0.3 is 0 Å². The van der Waals surface area contributed by atoms with Gasteiger partial charge in [-0.2, -0.15) is 5.10 Å². The molecule has 0 aliphatic rings. The normalized spacial score (nSPS) is 11.0. The number of halogens is 1. The Labute approximate surface area is 154 Å². The molecule has 0 unspecified atom stereocenters. The highest BCUT2D eigenvalue weighted by Gasteiger charge is 2.15. The Balaban J connectivity index is 1.96. The molecular formula is C18H18IN3O2. The molecule has 0 fully saturated rings. The topological polar surface area (TPSA) is 56.1 Å². The third-order valence-corrected chi connectivity index (χ3v) is 4.30. The van der Waals surface area contributed by atoms with Gasteiger partial charge in [0.25, 0.3) is 5.91 Å². The quantitative estimate of drug-likeness (QED) is 0.625. The Bertz CT molecular complexity index is 902. The second-order valence-corrected chi connectivity index (χ2v) is 6.84. The molecule has 24 heavy (non-hydrogen) atoms. The predicted octanol–water partition coefficient (Wildman–Crippen LogP) is 4.22. The average Bonchev–Trinajstić information content (AvgIpc) is 2.86. The second kappa shape index (κ2) is 6.80. The molecule has 0 aliphatic carbocycles. The molecule has 6 heteroatoms. The number of aryl methyl sites for hydroxylation is 1. The number of ether oxygens (including phenoxy) is 1. The van der Waals surface area contributed by atoms with E-state index in [1.54, 1.807) is 17.9 Å². The van der Waals surface area contributed by atoms with Crippen molar-refractivity contribution in [1.29, 1.82) is 0 Å². The van der Waals surface area contributed by atoms with Crippen LogP contribution in [0.2, 0.25) is 0 Å². The zero-order valence-electron chi connectivity index (χ0n) is 13.7. The summed E-state index contributed by atoms with van der Waals surface area (Å²) >= 11 is 2.06. The molecule has 0 saturated carbocycles. The van der Waals surface area contributed by atoms with Gasteiger partial charge in [-0.1, -0.05) is 18.2 Å². The number of hydrogen-bond donors (Lipinski definition) is 1. The molecule has 3 rings (SSSR count). The first kappa shape index (κ1) is 16.8. The summed E-state index contributed by atoms with van der Waals surface area (Å²) in [6.45, 7) is 3.98. The lowest BCUT2D eigenvalue weighted by molar-refractivity contribution is 0.102. The zero-order chi connectivity index (χ0) is 17.3. The van der Waals surface area contributed by atoms with Crippen molar-refractivity contribution >= 4 is 45.0 Å². The van der Waals surface area contributed by atoms with Crippen LogP contribution in [-0.2, 0) is 7.05 Å². The summed E-state index contributed by atoms with van der Waals surface area (Å²) in [6, 6.07) is 11.7. The molecule has 0 radical (unpaired) electrons. The molecule has 124 valence electrons. The maximum atomic E-state index is 12.6. The molecule has 5 nitrogen and oxygen atoms in total. The fourth-order valence-corrected chi connectivity index (χ4v) is 3.23. The molecule has 2 aromatic carbocycles. The van der Waals surface area contributed by atoms with E-state index in [-0.39, 0.29) is 12.0 Å². The molecule has 0 bridgehead atoms. The van der Waals surface area contributed by atoms with E-state index in [4.69, 9.17) is 4.74 Å². The van der Waals surface area contributed by atoms with Crippen LogP contribution in [0.15, 0.2) is 42.6 Å². The third-order valence-electron chi connectivity index (χ3n) is 3.50. The minimum Gasteiger partial charge on any atom is -0.491 e. The molecule has 1 N–H and O–H groups in total. The highest BCUT2D eigenvalue weighted by Crippen LogP contribution is 2.28. The summed E-state index contributed by atoms with van der Waals surface area (Å²) in [5.41, 5.74) is 1.32. The lowest BCUT2D eigenvalue weighted by Gasteiger charge is -2.13. The first-order valence-electron chi connectivity index (χ1n) is 7.64. The van der Waals surface area contributed by atoms with Gasteiger partial charge in [0.15, 0.2) is 0 Å². The highest BCUT2D eigenvalue weighted by atomic mass is 127. The SMILES string of the molecule is CC(C)Oc1ccc2cccc(NC(=O)c3cn(C)nc3I)c2c1. The first-order chi connectivity index (χ1) is 11.4. The second-order valence-electron chi connectivity index (χ2n) is 5.82. The minimum atomic E-state index is -0.171. The Hall–Kier alpha value is -2.09. The van der Waals surface area contributed by atoms with Crippen LogP contribution in [0, 0.1) is 3.70 Å². The maximum absolute atomic E-state index is 12.6. The molecule has 1 amide bonds. The Kier molecular flexibility index (Phi) is 4.75. The van der Waals surface area contributed by atoms with Crippen molar-refractivity contribution in [2.75, 3.05) is 5.32 Å². The lowest BCUT2D eigenvalue weighted by Crippen LogP contribution is -2.12. The number of aromatic nitrogens is 2. The number of nitrogens with zero attached hydrogens (tertiary/aromatic N) is 2. The largest absolute Gasteiger partial charge is 0.491 e. The van der Waals surface area contributed by atoms with E-state index < -0.39 is 0 Å². The lowest BCUT2D eigenvalue weighted by atomic mass is 10.1. The number of benzene rings is 2. The van der Waals surface area contributed by atoms with E-state index in [0.717, 1.165) is 22.2 Å². The van der Waals surface area contributed by atoms with Gasteiger partial charge in [0, 0.05) is 24.3 Å². The molecule has 0 saturated heterocycles. The third kappa shape index (κ3) is 3.53. The maximum Gasteiger partial charge on any atom is 0.259 e. The van der Waals surface area contributed by atoms with E-state index in [1.165, 1.54) is 0 Å². The Morgan fingerprint density at radius 2 is 2.08 bits per heavy atom. The van der Waals surface area contributed by atoms with Crippen LogP contribution in [0.4, 0.5) is 5.69 Å². The van der Waals surface area contributed by atoms with Crippen LogP contribution < -0.4 is 10.1 Å². The van der Waals surface area contributed by atoms with Crippen LogP contribution in [0.1, 0.15) is 24.2 Å². The number of carbonyl (C=O) groups is 1. The van der Waals surface area contributed by atoms with Crippen molar-refractivity contribution < 1.29 is 9.53 Å². The number of fused-ring (bicyclic) bond motifs is 1. The first-order valence-corrected chi connectivity index (χ1v) is 8.72. The van der Waals surface area contributed by atoms with E-state index in [2.05, 4.69) is 33.0 Å². The molecular weight excluding hydrogens is 417 g/mol. The van der Waals surface area contributed by atoms with Gasteiger partial charge in [0.05, 0.1) is 11.7 Å². The van der Waals surface area contributed by atoms with E-state index in [9.17, 15) is 4.79 Å². The number of rotatable bonds is 4. The van der Waals surface area contributed by atoms with Gasteiger partial charge in [0.1, 0.15) is 9.45 Å². The highest BCUT2D eigenvalue weighted by molar-refractivity contribution is 14.1. The zero-order valence-corrected chi connectivity index (χ0v) is 15.9. The van der Waals surface area contributed by atoms with Crippen LogP contribution in [-0.4, -0.2) is 21.8 Å². The van der Waals surface area contributed by atoms with Gasteiger partial charge in [0.2, 0.25) is 0 Å². The summed E-state index contributed by atoms with van der Waals surface area (Å²) in [6.07, 6.45) is 1.82. The number of carbonyl (C=O) groups excluding carboxylic acids is 1. The van der Waals surface area contributed by atoms with Crippen molar-refractivity contribution in [2.24, 2.45) is 7.05 Å². The van der Waals surface area contributed by atoms with Crippen LogP contribution in [0.3, 0.4) is 0 Å². The molecule has 0 spiro atoms. The summed E-state index contributed by atoms with van der Waals surface area (Å²) in [4.78, 5) is 12.6.